The first kappa shape index (κ1) is 24.8. The Kier molecular flexibility index (Phi) is 8.04. The van der Waals surface area contributed by atoms with Gasteiger partial charge in [0.15, 0.2) is 0 Å². The van der Waals surface area contributed by atoms with Crippen LogP contribution in [-0.4, -0.2) is 32.8 Å². The first-order chi connectivity index (χ1) is 13.6. The van der Waals surface area contributed by atoms with Gasteiger partial charge in [-0.15, -0.1) is 12.4 Å². The standard InChI is InChI=1S/C20H22Cl2N2O4S.ClH/c1-23-18-6-4-13(11-3-5-16(21)17(22)8-11)14-7-12(9-20(25)26)19(10-15(14)18)24-29(2,27)28;/h3,5,7-8,10,13,18,23-24H,4,6,9H2,1-2H3,(H,25,26);1H/t13?,18-;/m0./s1. The van der Waals surface area contributed by atoms with Crippen molar-refractivity contribution in [3.05, 3.63) is 62.6 Å². The molecule has 3 N–H and O–H groups in total. The first-order valence-corrected chi connectivity index (χ1v) is 11.7. The number of benzene rings is 2. The number of halogens is 3. The van der Waals surface area contributed by atoms with E-state index in [0.717, 1.165) is 35.8 Å². The molecule has 2 aromatic rings. The number of aliphatic carboxylic acids is 1. The number of carboxylic acids is 1. The molecule has 2 aromatic carbocycles. The minimum Gasteiger partial charge on any atom is -0.481 e. The van der Waals surface area contributed by atoms with Gasteiger partial charge in [0.25, 0.3) is 0 Å². The van der Waals surface area contributed by atoms with E-state index >= 15 is 0 Å². The van der Waals surface area contributed by atoms with E-state index in [9.17, 15) is 18.3 Å². The molecular formula is C20H23Cl3N2O4S. The zero-order chi connectivity index (χ0) is 21.3. The third kappa shape index (κ3) is 5.59. The van der Waals surface area contributed by atoms with E-state index in [1.54, 1.807) is 18.2 Å². The lowest BCUT2D eigenvalue weighted by Gasteiger charge is -2.33. The summed E-state index contributed by atoms with van der Waals surface area (Å²) in [5, 5.41) is 13.5. The van der Waals surface area contributed by atoms with Crippen LogP contribution in [0, 0.1) is 0 Å². The summed E-state index contributed by atoms with van der Waals surface area (Å²) in [6, 6.07) is 9.08. The zero-order valence-corrected chi connectivity index (χ0v) is 19.6. The summed E-state index contributed by atoms with van der Waals surface area (Å²) < 4.78 is 26.1. The van der Waals surface area contributed by atoms with Gasteiger partial charge < -0.3 is 10.4 Å². The second-order valence-electron chi connectivity index (χ2n) is 7.23. The summed E-state index contributed by atoms with van der Waals surface area (Å²) >= 11 is 12.3. The van der Waals surface area contributed by atoms with Gasteiger partial charge in [0.05, 0.1) is 28.4 Å². The van der Waals surface area contributed by atoms with Crippen molar-refractivity contribution in [3.63, 3.8) is 0 Å². The molecule has 2 atom stereocenters. The highest BCUT2D eigenvalue weighted by atomic mass is 35.5. The third-order valence-corrected chi connectivity index (χ3v) is 6.46. The summed E-state index contributed by atoms with van der Waals surface area (Å²) in [6.07, 6.45) is 2.43. The Morgan fingerprint density at radius 2 is 1.83 bits per heavy atom. The average Bonchev–Trinajstić information content (AvgIpc) is 2.62. The van der Waals surface area contributed by atoms with Gasteiger partial charge in [0.2, 0.25) is 10.0 Å². The number of hydrogen-bond acceptors (Lipinski definition) is 4. The van der Waals surface area contributed by atoms with Crippen LogP contribution in [0.1, 0.15) is 47.1 Å². The highest BCUT2D eigenvalue weighted by Crippen LogP contribution is 2.44. The Morgan fingerprint density at radius 3 is 2.40 bits per heavy atom. The van der Waals surface area contributed by atoms with Crippen molar-refractivity contribution in [2.75, 3.05) is 18.0 Å². The average molecular weight is 494 g/mol. The van der Waals surface area contributed by atoms with Crippen LogP contribution < -0.4 is 10.0 Å². The van der Waals surface area contributed by atoms with Crippen LogP contribution in [-0.2, 0) is 21.2 Å². The maximum absolute atomic E-state index is 11.8. The molecule has 30 heavy (non-hydrogen) atoms. The molecule has 0 saturated carbocycles. The van der Waals surface area contributed by atoms with Gasteiger partial charge in [-0.2, -0.15) is 0 Å². The van der Waals surface area contributed by atoms with Crippen molar-refractivity contribution in [2.24, 2.45) is 0 Å². The Balaban J connectivity index is 0.00000320. The molecule has 0 bridgehead atoms. The molecule has 0 amide bonds. The van der Waals surface area contributed by atoms with E-state index in [-0.39, 0.29) is 30.8 Å². The maximum Gasteiger partial charge on any atom is 0.307 e. The molecule has 0 aliphatic heterocycles. The van der Waals surface area contributed by atoms with Gasteiger partial charge in [0.1, 0.15) is 0 Å². The number of carboxylic acid groups (broad SMARTS) is 1. The largest absolute Gasteiger partial charge is 0.481 e. The monoisotopic (exact) mass is 492 g/mol. The van der Waals surface area contributed by atoms with Crippen molar-refractivity contribution in [3.8, 4) is 0 Å². The SMILES string of the molecule is CN[C@H]1CCC(c2ccc(Cl)c(Cl)c2)c2cc(CC(=O)O)c(NS(C)(=O)=O)cc21.Cl. The van der Waals surface area contributed by atoms with Crippen molar-refractivity contribution in [2.45, 2.75) is 31.2 Å². The number of anilines is 1. The van der Waals surface area contributed by atoms with Gasteiger partial charge in [-0.3, -0.25) is 9.52 Å². The van der Waals surface area contributed by atoms with Crippen LogP contribution in [0.15, 0.2) is 30.3 Å². The van der Waals surface area contributed by atoms with Crippen LogP contribution >= 0.6 is 35.6 Å². The molecule has 0 saturated heterocycles. The van der Waals surface area contributed by atoms with Gasteiger partial charge in [-0.05, 0) is 60.3 Å². The zero-order valence-electron chi connectivity index (χ0n) is 16.4. The normalized spacial score (nSPS) is 18.3. The summed E-state index contributed by atoms with van der Waals surface area (Å²) in [7, 11) is -1.71. The highest BCUT2D eigenvalue weighted by molar-refractivity contribution is 7.92. The van der Waals surface area contributed by atoms with Crippen molar-refractivity contribution in [1.82, 2.24) is 5.32 Å². The van der Waals surface area contributed by atoms with Crippen molar-refractivity contribution >= 4 is 57.3 Å². The fraction of sp³-hybridized carbons (Fsp3) is 0.350. The topological polar surface area (TPSA) is 95.5 Å². The quantitative estimate of drug-likeness (QED) is 0.546. The molecule has 0 radical (unpaired) electrons. The second-order valence-corrected chi connectivity index (χ2v) is 9.79. The number of nitrogens with one attached hydrogen (secondary N) is 2. The first-order valence-electron chi connectivity index (χ1n) is 9.07. The number of carbonyl (C=O) groups is 1. The highest BCUT2D eigenvalue weighted by Gasteiger charge is 2.30. The molecule has 1 aliphatic rings. The molecule has 0 heterocycles. The minimum atomic E-state index is -3.56. The molecule has 1 aliphatic carbocycles. The number of fused-ring (bicyclic) bond motifs is 1. The summed E-state index contributed by atoms with van der Waals surface area (Å²) in [5.41, 5.74) is 3.60. The molecule has 6 nitrogen and oxygen atoms in total. The molecule has 0 spiro atoms. The van der Waals surface area contributed by atoms with Crippen LogP contribution in [0.4, 0.5) is 5.69 Å². The van der Waals surface area contributed by atoms with E-state index in [0.29, 0.717) is 21.3 Å². The Bertz CT molecular complexity index is 1060. The predicted molar refractivity (Wildman–Crippen MR) is 123 cm³/mol. The van der Waals surface area contributed by atoms with Gasteiger partial charge in [-0.25, -0.2) is 8.42 Å². The number of hydrogen-bond donors (Lipinski definition) is 3. The predicted octanol–water partition coefficient (Wildman–Crippen LogP) is 4.60. The van der Waals surface area contributed by atoms with E-state index < -0.39 is 16.0 Å². The van der Waals surface area contributed by atoms with Crippen LogP contribution in [0.25, 0.3) is 0 Å². The Hall–Kier alpha value is -1.51. The minimum absolute atomic E-state index is 0. The lowest BCUT2D eigenvalue weighted by Crippen LogP contribution is -2.25. The lowest BCUT2D eigenvalue weighted by molar-refractivity contribution is -0.136. The Morgan fingerprint density at radius 1 is 1.13 bits per heavy atom. The van der Waals surface area contributed by atoms with Crippen LogP contribution in [0.2, 0.25) is 10.0 Å². The molecule has 164 valence electrons. The van der Waals surface area contributed by atoms with E-state index in [1.807, 2.05) is 19.2 Å². The van der Waals surface area contributed by atoms with Crippen molar-refractivity contribution in [1.29, 1.82) is 0 Å². The van der Waals surface area contributed by atoms with Crippen LogP contribution in [0.3, 0.4) is 0 Å². The van der Waals surface area contributed by atoms with E-state index in [4.69, 9.17) is 23.2 Å². The molecule has 0 fully saturated rings. The molecule has 1 unspecified atom stereocenters. The summed E-state index contributed by atoms with van der Waals surface area (Å²) in [6.45, 7) is 0. The Labute approximate surface area is 192 Å². The third-order valence-electron chi connectivity index (χ3n) is 5.14. The fourth-order valence-electron chi connectivity index (χ4n) is 3.91. The van der Waals surface area contributed by atoms with Gasteiger partial charge >= 0.3 is 5.97 Å². The molecule has 3 rings (SSSR count). The molecular weight excluding hydrogens is 471 g/mol. The summed E-state index contributed by atoms with van der Waals surface area (Å²) in [4.78, 5) is 11.4. The molecule has 0 aromatic heterocycles. The summed E-state index contributed by atoms with van der Waals surface area (Å²) in [5.74, 6) is -1.03. The molecule has 10 heteroatoms. The second kappa shape index (κ2) is 9.75. The van der Waals surface area contributed by atoms with Crippen LogP contribution in [0.5, 0.6) is 0 Å². The fourth-order valence-corrected chi connectivity index (χ4v) is 4.80. The lowest BCUT2D eigenvalue weighted by atomic mass is 9.75. The van der Waals surface area contributed by atoms with E-state index in [2.05, 4.69) is 10.0 Å². The van der Waals surface area contributed by atoms with Crippen molar-refractivity contribution < 1.29 is 18.3 Å². The van der Waals surface area contributed by atoms with Gasteiger partial charge in [-0.1, -0.05) is 35.3 Å². The smallest absolute Gasteiger partial charge is 0.307 e. The maximum atomic E-state index is 11.8. The van der Waals surface area contributed by atoms with Gasteiger partial charge in [0, 0.05) is 12.0 Å². The number of rotatable bonds is 6. The number of sulfonamides is 1. The van der Waals surface area contributed by atoms with E-state index in [1.165, 1.54) is 0 Å².